The first kappa shape index (κ1) is 8.06. The number of aliphatic hydroxyl groups is 1. The van der Waals surface area contributed by atoms with Gasteiger partial charge in [-0.3, -0.25) is 0 Å². The third-order valence-electron chi connectivity index (χ3n) is 2.89. The van der Waals surface area contributed by atoms with Gasteiger partial charge >= 0.3 is 0 Å². The summed E-state index contributed by atoms with van der Waals surface area (Å²) in [5.41, 5.74) is 0.536. The number of rotatable bonds is 3. The molecule has 10 heavy (non-hydrogen) atoms. The fourth-order valence-corrected chi connectivity index (χ4v) is 2.01. The van der Waals surface area contributed by atoms with Crippen LogP contribution in [0.1, 0.15) is 46.0 Å². The fraction of sp³-hybridized carbons (Fsp3) is 1.00. The highest BCUT2D eigenvalue weighted by molar-refractivity contribution is 4.87. The van der Waals surface area contributed by atoms with Crippen LogP contribution in [0.4, 0.5) is 0 Å². The highest BCUT2D eigenvalue weighted by Crippen LogP contribution is 2.47. The van der Waals surface area contributed by atoms with Gasteiger partial charge in [0, 0.05) is 0 Å². The molecular formula is C9H18O. The average Bonchev–Trinajstić information content (AvgIpc) is 1.78. The molecule has 1 N–H and O–H groups in total. The van der Waals surface area contributed by atoms with Crippen molar-refractivity contribution in [1.29, 1.82) is 0 Å². The molecule has 1 heteroatoms. The quantitative estimate of drug-likeness (QED) is 0.641. The Morgan fingerprint density at radius 2 is 2.10 bits per heavy atom. The first-order valence-corrected chi connectivity index (χ1v) is 4.37. The van der Waals surface area contributed by atoms with E-state index in [1.54, 1.807) is 0 Å². The Labute approximate surface area is 63.4 Å². The van der Waals surface area contributed by atoms with Crippen LogP contribution >= 0.6 is 0 Å². The van der Waals surface area contributed by atoms with Crippen molar-refractivity contribution in [2.24, 2.45) is 5.41 Å². The van der Waals surface area contributed by atoms with Crippen LogP contribution < -0.4 is 0 Å². The molecule has 0 unspecified atom stereocenters. The summed E-state index contributed by atoms with van der Waals surface area (Å²) in [5.74, 6) is 0. The van der Waals surface area contributed by atoms with E-state index in [9.17, 15) is 5.11 Å². The van der Waals surface area contributed by atoms with Gasteiger partial charge in [-0.1, -0.05) is 19.8 Å². The molecule has 1 fully saturated rings. The van der Waals surface area contributed by atoms with E-state index in [1.807, 2.05) is 6.92 Å². The van der Waals surface area contributed by atoms with Gasteiger partial charge in [-0.2, -0.15) is 0 Å². The van der Waals surface area contributed by atoms with Gasteiger partial charge < -0.3 is 5.11 Å². The highest BCUT2D eigenvalue weighted by Gasteiger charge is 2.35. The van der Waals surface area contributed by atoms with Crippen molar-refractivity contribution in [3.8, 4) is 0 Å². The number of hydrogen-bond donors (Lipinski definition) is 1. The van der Waals surface area contributed by atoms with E-state index in [2.05, 4.69) is 6.92 Å². The second-order valence-electron chi connectivity index (χ2n) is 3.76. The van der Waals surface area contributed by atoms with Crippen LogP contribution in [0.3, 0.4) is 0 Å². The van der Waals surface area contributed by atoms with Crippen LogP contribution in [0.2, 0.25) is 0 Å². The first-order chi connectivity index (χ1) is 4.68. The summed E-state index contributed by atoms with van der Waals surface area (Å²) in [4.78, 5) is 0. The average molecular weight is 142 g/mol. The minimum Gasteiger partial charge on any atom is -0.393 e. The summed E-state index contributed by atoms with van der Waals surface area (Å²) in [7, 11) is 0. The van der Waals surface area contributed by atoms with Crippen LogP contribution in [-0.4, -0.2) is 11.2 Å². The Morgan fingerprint density at radius 3 is 2.20 bits per heavy atom. The zero-order chi connectivity index (χ0) is 7.61. The molecule has 0 amide bonds. The maximum atomic E-state index is 9.18. The van der Waals surface area contributed by atoms with Crippen LogP contribution in [-0.2, 0) is 0 Å². The van der Waals surface area contributed by atoms with Crippen LogP contribution in [0, 0.1) is 5.41 Å². The molecule has 0 heterocycles. The molecule has 0 aromatic carbocycles. The van der Waals surface area contributed by atoms with Gasteiger partial charge in [0.25, 0.3) is 0 Å². The van der Waals surface area contributed by atoms with Crippen LogP contribution in [0.25, 0.3) is 0 Å². The molecule has 0 radical (unpaired) electrons. The molecule has 0 aliphatic heterocycles. The summed E-state index contributed by atoms with van der Waals surface area (Å²) >= 11 is 0. The summed E-state index contributed by atoms with van der Waals surface area (Å²) in [6.45, 7) is 4.14. The zero-order valence-corrected chi connectivity index (χ0v) is 7.06. The van der Waals surface area contributed by atoms with Crippen molar-refractivity contribution in [1.82, 2.24) is 0 Å². The Kier molecular flexibility index (Phi) is 2.35. The molecule has 1 aliphatic carbocycles. The monoisotopic (exact) mass is 142 g/mol. The Morgan fingerprint density at radius 1 is 1.50 bits per heavy atom. The lowest BCUT2D eigenvalue weighted by atomic mass is 9.64. The zero-order valence-electron chi connectivity index (χ0n) is 7.06. The fourth-order valence-electron chi connectivity index (χ4n) is 2.01. The van der Waals surface area contributed by atoms with Gasteiger partial charge in [-0.05, 0) is 31.6 Å². The van der Waals surface area contributed by atoms with Gasteiger partial charge in [0.1, 0.15) is 0 Å². The number of hydrogen-bond acceptors (Lipinski definition) is 1. The predicted molar refractivity (Wildman–Crippen MR) is 42.9 cm³/mol. The van der Waals surface area contributed by atoms with Crippen LogP contribution in [0.15, 0.2) is 0 Å². The normalized spacial score (nSPS) is 25.5. The third kappa shape index (κ3) is 1.51. The lowest BCUT2D eigenvalue weighted by Crippen LogP contribution is -2.31. The molecular weight excluding hydrogens is 124 g/mol. The largest absolute Gasteiger partial charge is 0.393 e. The molecule has 0 saturated heterocycles. The summed E-state index contributed by atoms with van der Waals surface area (Å²) in [5, 5.41) is 9.18. The lowest BCUT2D eigenvalue weighted by Gasteiger charge is -2.42. The maximum absolute atomic E-state index is 9.18. The van der Waals surface area contributed by atoms with Gasteiger partial charge in [0.15, 0.2) is 0 Å². The van der Waals surface area contributed by atoms with E-state index in [-0.39, 0.29) is 6.10 Å². The molecule has 0 aromatic heterocycles. The molecule has 1 atom stereocenters. The van der Waals surface area contributed by atoms with Gasteiger partial charge in [0.05, 0.1) is 6.10 Å². The predicted octanol–water partition coefficient (Wildman–Crippen LogP) is 2.34. The first-order valence-electron chi connectivity index (χ1n) is 4.37. The smallest absolute Gasteiger partial charge is 0.0517 e. The second-order valence-corrected chi connectivity index (χ2v) is 3.76. The van der Waals surface area contributed by atoms with Crippen molar-refractivity contribution in [2.75, 3.05) is 0 Å². The lowest BCUT2D eigenvalue weighted by molar-refractivity contribution is 0.0455. The van der Waals surface area contributed by atoms with Gasteiger partial charge in [0.2, 0.25) is 0 Å². The summed E-state index contributed by atoms with van der Waals surface area (Å²) < 4.78 is 0. The maximum Gasteiger partial charge on any atom is 0.0517 e. The Hall–Kier alpha value is -0.0400. The SMILES string of the molecule is CCC1(C[C@H](C)O)CCC1. The van der Waals surface area contributed by atoms with Crippen molar-refractivity contribution in [2.45, 2.75) is 52.1 Å². The Balaban J connectivity index is 2.33. The molecule has 60 valence electrons. The van der Waals surface area contributed by atoms with Crippen molar-refractivity contribution in [3.05, 3.63) is 0 Å². The van der Waals surface area contributed by atoms with Crippen molar-refractivity contribution in [3.63, 3.8) is 0 Å². The van der Waals surface area contributed by atoms with Gasteiger partial charge in [-0.25, -0.2) is 0 Å². The van der Waals surface area contributed by atoms with Crippen molar-refractivity contribution < 1.29 is 5.11 Å². The number of aliphatic hydroxyl groups excluding tert-OH is 1. The molecule has 0 aromatic rings. The summed E-state index contributed by atoms with van der Waals surface area (Å²) in [6, 6.07) is 0. The van der Waals surface area contributed by atoms with Crippen molar-refractivity contribution >= 4 is 0 Å². The van der Waals surface area contributed by atoms with E-state index in [0.717, 1.165) is 6.42 Å². The van der Waals surface area contributed by atoms with E-state index < -0.39 is 0 Å². The molecule has 1 nitrogen and oxygen atoms in total. The van der Waals surface area contributed by atoms with E-state index in [1.165, 1.54) is 25.7 Å². The van der Waals surface area contributed by atoms with E-state index >= 15 is 0 Å². The topological polar surface area (TPSA) is 20.2 Å². The molecule has 1 aliphatic rings. The molecule has 0 spiro atoms. The second kappa shape index (κ2) is 2.91. The molecule has 0 bridgehead atoms. The highest BCUT2D eigenvalue weighted by atomic mass is 16.3. The van der Waals surface area contributed by atoms with Gasteiger partial charge in [-0.15, -0.1) is 0 Å². The third-order valence-corrected chi connectivity index (χ3v) is 2.89. The minimum absolute atomic E-state index is 0.0970. The molecule has 1 saturated carbocycles. The van der Waals surface area contributed by atoms with Crippen LogP contribution in [0.5, 0.6) is 0 Å². The van der Waals surface area contributed by atoms with E-state index in [0.29, 0.717) is 5.41 Å². The summed E-state index contributed by atoms with van der Waals surface area (Å²) in [6.07, 6.45) is 6.23. The standard InChI is InChI=1S/C9H18O/c1-3-9(5-4-6-9)7-8(2)10/h8,10H,3-7H2,1-2H3/t8-/m0/s1. The van der Waals surface area contributed by atoms with E-state index in [4.69, 9.17) is 0 Å². The molecule has 1 rings (SSSR count). The Bertz CT molecular complexity index is 97.8. The minimum atomic E-state index is -0.0970.